The summed E-state index contributed by atoms with van der Waals surface area (Å²) >= 11 is 5.25. The van der Waals surface area contributed by atoms with Crippen molar-refractivity contribution in [3.63, 3.8) is 0 Å². The van der Waals surface area contributed by atoms with Crippen LogP contribution in [0, 0.1) is 0 Å². The molecule has 0 atom stereocenters. The highest BCUT2D eigenvalue weighted by Gasteiger charge is 2.07. The zero-order valence-electron chi connectivity index (χ0n) is 10.4. The second kappa shape index (κ2) is 6.08. The third-order valence-corrected chi connectivity index (χ3v) is 4.69. The molecule has 1 aromatic carbocycles. The SMILES string of the molecule is CN(Cc1sccc1Br)c1ccc(C(N)=NO)cc1. The summed E-state index contributed by atoms with van der Waals surface area (Å²) in [6, 6.07) is 9.63. The van der Waals surface area contributed by atoms with Gasteiger partial charge in [0.2, 0.25) is 0 Å². The summed E-state index contributed by atoms with van der Waals surface area (Å²) in [6.45, 7) is 0.834. The first-order chi connectivity index (χ1) is 9.11. The largest absolute Gasteiger partial charge is 0.409 e. The van der Waals surface area contributed by atoms with Gasteiger partial charge in [-0.3, -0.25) is 0 Å². The maximum absolute atomic E-state index is 8.62. The van der Waals surface area contributed by atoms with Crippen LogP contribution in [0.3, 0.4) is 0 Å². The first-order valence-corrected chi connectivity index (χ1v) is 7.30. The van der Waals surface area contributed by atoms with Crippen molar-refractivity contribution in [2.75, 3.05) is 11.9 Å². The van der Waals surface area contributed by atoms with Gasteiger partial charge in [-0.05, 0) is 51.6 Å². The smallest absolute Gasteiger partial charge is 0.170 e. The molecule has 0 fully saturated rings. The molecule has 0 aliphatic carbocycles. The Morgan fingerprint density at radius 3 is 2.58 bits per heavy atom. The lowest BCUT2D eigenvalue weighted by atomic mass is 10.2. The number of anilines is 1. The highest BCUT2D eigenvalue weighted by molar-refractivity contribution is 9.10. The van der Waals surface area contributed by atoms with Crippen molar-refractivity contribution >= 4 is 38.8 Å². The van der Waals surface area contributed by atoms with E-state index in [9.17, 15) is 0 Å². The van der Waals surface area contributed by atoms with Crippen LogP contribution in [-0.4, -0.2) is 18.1 Å². The lowest BCUT2D eigenvalue weighted by Gasteiger charge is -2.19. The van der Waals surface area contributed by atoms with E-state index in [0.717, 1.165) is 16.7 Å². The Morgan fingerprint density at radius 1 is 1.37 bits per heavy atom. The summed E-state index contributed by atoms with van der Waals surface area (Å²) in [7, 11) is 2.03. The minimum atomic E-state index is 0.121. The van der Waals surface area contributed by atoms with E-state index >= 15 is 0 Å². The summed E-state index contributed by atoms with van der Waals surface area (Å²) in [5, 5.41) is 13.7. The first kappa shape index (κ1) is 13.9. The van der Waals surface area contributed by atoms with Crippen LogP contribution in [0.1, 0.15) is 10.4 Å². The van der Waals surface area contributed by atoms with Gasteiger partial charge < -0.3 is 15.8 Å². The number of hydrogen-bond acceptors (Lipinski definition) is 4. The highest BCUT2D eigenvalue weighted by Crippen LogP contribution is 2.25. The van der Waals surface area contributed by atoms with E-state index in [1.807, 2.05) is 31.3 Å². The van der Waals surface area contributed by atoms with Crippen LogP contribution in [-0.2, 0) is 6.54 Å². The molecule has 0 bridgehead atoms. The molecule has 4 nitrogen and oxygen atoms in total. The lowest BCUT2D eigenvalue weighted by Crippen LogP contribution is -2.17. The van der Waals surface area contributed by atoms with Crippen LogP contribution in [0.2, 0.25) is 0 Å². The van der Waals surface area contributed by atoms with Gasteiger partial charge >= 0.3 is 0 Å². The molecule has 0 spiro atoms. The molecule has 0 saturated carbocycles. The van der Waals surface area contributed by atoms with E-state index in [1.165, 1.54) is 4.88 Å². The molecule has 2 aromatic rings. The average molecular weight is 340 g/mol. The van der Waals surface area contributed by atoms with E-state index < -0.39 is 0 Å². The van der Waals surface area contributed by atoms with Crippen molar-refractivity contribution in [2.24, 2.45) is 10.9 Å². The first-order valence-electron chi connectivity index (χ1n) is 5.63. The number of amidine groups is 1. The van der Waals surface area contributed by atoms with Crippen LogP contribution in [0.25, 0.3) is 0 Å². The van der Waals surface area contributed by atoms with Gasteiger partial charge in [-0.15, -0.1) is 11.3 Å². The fourth-order valence-corrected chi connectivity index (χ4v) is 3.22. The summed E-state index contributed by atoms with van der Waals surface area (Å²) in [5.41, 5.74) is 7.32. The third kappa shape index (κ3) is 3.27. The molecule has 3 N–H and O–H groups in total. The molecule has 6 heteroatoms. The predicted octanol–water partition coefficient (Wildman–Crippen LogP) is 3.24. The molecular formula is C13H14BrN3OS. The van der Waals surface area contributed by atoms with Crippen molar-refractivity contribution in [1.82, 2.24) is 0 Å². The number of thiophene rings is 1. The van der Waals surface area contributed by atoms with Crippen LogP contribution >= 0.6 is 27.3 Å². The topological polar surface area (TPSA) is 61.8 Å². The number of halogens is 1. The van der Waals surface area contributed by atoms with Crippen LogP contribution in [0.15, 0.2) is 45.3 Å². The quantitative estimate of drug-likeness (QED) is 0.389. The summed E-state index contributed by atoms with van der Waals surface area (Å²) < 4.78 is 1.14. The van der Waals surface area contributed by atoms with Gasteiger partial charge in [-0.1, -0.05) is 5.16 Å². The molecule has 1 aromatic heterocycles. The van der Waals surface area contributed by atoms with Crippen molar-refractivity contribution < 1.29 is 5.21 Å². The van der Waals surface area contributed by atoms with E-state index in [4.69, 9.17) is 10.9 Å². The Balaban J connectivity index is 2.12. The zero-order valence-corrected chi connectivity index (χ0v) is 12.8. The molecule has 0 unspecified atom stereocenters. The van der Waals surface area contributed by atoms with Crippen molar-refractivity contribution in [1.29, 1.82) is 0 Å². The standard InChI is InChI=1S/C13H14BrN3OS/c1-17(8-12-11(14)6-7-19-12)10-4-2-9(3-5-10)13(15)16-18/h2-7,18H,8H2,1H3,(H2,15,16). The predicted molar refractivity (Wildman–Crippen MR) is 83.1 cm³/mol. The molecule has 1 heterocycles. The number of oxime groups is 1. The minimum Gasteiger partial charge on any atom is -0.409 e. The van der Waals surface area contributed by atoms with E-state index in [0.29, 0.717) is 5.56 Å². The van der Waals surface area contributed by atoms with Crippen molar-refractivity contribution in [3.05, 3.63) is 50.6 Å². The van der Waals surface area contributed by atoms with E-state index in [1.54, 1.807) is 11.3 Å². The normalized spacial score (nSPS) is 11.6. The van der Waals surface area contributed by atoms with Gasteiger partial charge in [-0.2, -0.15) is 0 Å². The molecule has 100 valence electrons. The van der Waals surface area contributed by atoms with Gasteiger partial charge in [0.25, 0.3) is 0 Å². The Hall–Kier alpha value is -1.53. The van der Waals surface area contributed by atoms with Gasteiger partial charge in [0, 0.05) is 27.6 Å². The fourth-order valence-electron chi connectivity index (χ4n) is 1.69. The molecule has 0 aliphatic heterocycles. The third-order valence-electron chi connectivity index (χ3n) is 2.78. The van der Waals surface area contributed by atoms with Crippen molar-refractivity contribution in [2.45, 2.75) is 6.54 Å². The molecule has 0 saturated heterocycles. The highest BCUT2D eigenvalue weighted by atomic mass is 79.9. The lowest BCUT2D eigenvalue weighted by molar-refractivity contribution is 0.318. The molecule has 2 rings (SSSR count). The second-order valence-corrected chi connectivity index (χ2v) is 5.93. The maximum atomic E-state index is 8.62. The van der Waals surface area contributed by atoms with Crippen LogP contribution in [0.4, 0.5) is 5.69 Å². The fraction of sp³-hybridized carbons (Fsp3) is 0.154. The monoisotopic (exact) mass is 339 g/mol. The maximum Gasteiger partial charge on any atom is 0.170 e. The van der Waals surface area contributed by atoms with Gasteiger partial charge in [0.05, 0.1) is 6.54 Å². The minimum absolute atomic E-state index is 0.121. The number of nitrogens with zero attached hydrogens (tertiary/aromatic N) is 2. The number of nitrogens with two attached hydrogens (primary N) is 1. The molecule has 19 heavy (non-hydrogen) atoms. The Kier molecular flexibility index (Phi) is 4.44. The van der Waals surface area contributed by atoms with Crippen LogP contribution < -0.4 is 10.6 Å². The average Bonchev–Trinajstić information content (AvgIpc) is 2.83. The molecular weight excluding hydrogens is 326 g/mol. The summed E-state index contributed by atoms with van der Waals surface area (Å²) in [6.07, 6.45) is 0. The van der Waals surface area contributed by atoms with E-state index in [-0.39, 0.29) is 5.84 Å². The van der Waals surface area contributed by atoms with Gasteiger partial charge in [-0.25, -0.2) is 0 Å². The van der Waals surface area contributed by atoms with Gasteiger partial charge in [0.1, 0.15) is 0 Å². The van der Waals surface area contributed by atoms with E-state index in [2.05, 4.69) is 37.4 Å². The Labute approximate surface area is 124 Å². The zero-order chi connectivity index (χ0) is 13.8. The summed E-state index contributed by atoms with van der Waals surface area (Å²) in [5.74, 6) is 0.121. The van der Waals surface area contributed by atoms with Gasteiger partial charge in [0.15, 0.2) is 5.84 Å². The van der Waals surface area contributed by atoms with Crippen LogP contribution in [0.5, 0.6) is 0 Å². The summed E-state index contributed by atoms with van der Waals surface area (Å²) in [4.78, 5) is 3.43. The molecule has 0 radical (unpaired) electrons. The Morgan fingerprint density at radius 2 is 2.05 bits per heavy atom. The number of rotatable bonds is 4. The number of benzene rings is 1. The second-order valence-electron chi connectivity index (χ2n) is 4.08. The number of hydrogen-bond donors (Lipinski definition) is 2. The van der Waals surface area contributed by atoms with Crippen molar-refractivity contribution in [3.8, 4) is 0 Å². The Bertz CT molecular complexity index is 580. The molecule has 0 amide bonds. The molecule has 0 aliphatic rings.